The largest absolute Gasteiger partial charge is 0.417 e. The van der Waals surface area contributed by atoms with Crippen LogP contribution in [0.3, 0.4) is 0 Å². The van der Waals surface area contributed by atoms with Crippen LogP contribution in [0, 0.1) is 13.8 Å². The number of carbonyl (C=O) groups excluding carboxylic acids is 1. The molecule has 0 spiro atoms. The normalized spacial score (nSPS) is 11.5. The fourth-order valence-corrected chi connectivity index (χ4v) is 2.50. The number of hydrogen-bond donors (Lipinski definition) is 2. The number of alkyl halides is 3. The van der Waals surface area contributed by atoms with Crippen molar-refractivity contribution in [3.63, 3.8) is 0 Å². The number of pyridine rings is 1. The maximum absolute atomic E-state index is 12.4. The van der Waals surface area contributed by atoms with Gasteiger partial charge in [-0.25, -0.2) is 4.98 Å². The van der Waals surface area contributed by atoms with Gasteiger partial charge in [0.2, 0.25) is 5.91 Å². The third kappa shape index (κ3) is 5.21. The van der Waals surface area contributed by atoms with Crippen LogP contribution >= 0.6 is 0 Å². The molecule has 2 aromatic rings. The summed E-state index contributed by atoms with van der Waals surface area (Å²) in [5.74, 6) is 0.280. The van der Waals surface area contributed by atoms with Crippen molar-refractivity contribution in [3.05, 3.63) is 40.8 Å². The van der Waals surface area contributed by atoms with Crippen LogP contribution in [0.2, 0.25) is 0 Å². The van der Waals surface area contributed by atoms with E-state index in [9.17, 15) is 18.0 Å². The molecule has 0 saturated carbocycles. The van der Waals surface area contributed by atoms with Crippen molar-refractivity contribution in [2.45, 2.75) is 32.9 Å². The third-order valence-electron chi connectivity index (χ3n) is 4.07. The van der Waals surface area contributed by atoms with Crippen LogP contribution in [0.15, 0.2) is 18.3 Å². The number of anilines is 1. The van der Waals surface area contributed by atoms with Gasteiger partial charge in [0.1, 0.15) is 5.82 Å². The molecule has 0 radical (unpaired) electrons. The van der Waals surface area contributed by atoms with Gasteiger partial charge in [-0.2, -0.15) is 18.3 Å². The summed E-state index contributed by atoms with van der Waals surface area (Å²) in [6.07, 6.45) is -2.69. The topological polar surface area (TPSA) is 71.8 Å². The fraction of sp³-hybridized carbons (Fsp3) is 0.471. The van der Waals surface area contributed by atoms with Gasteiger partial charge in [-0.3, -0.25) is 9.48 Å². The van der Waals surface area contributed by atoms with Gasteiger partial charge < -0.3 is 10.6 Å². The zero-order chi connectivity index (χ0) is 19.3. The number of nitrogens with one attached hydrogen (secondary N) is 2. The zero-order valence-electron chi connectivity index (χ0n) is 14.9. The summed E-state index contributed by atoms with van der Waals surface area (Å²) in [6, 6.07) is 2.27. The second-order valence-electron chi connectivity index (χ2n) is 6.01. The Bertz CT molecular complexity index is 753. The third-order valence-corrected chi connectivity index (χ3v) is 4.07. The van der Waals surface area contributed by atoms with Crippen LogP contribution in [0.25, 0.3) is 0 Å². The Kier molecular flexibility index (Phi) is 6.23. The van der Waals surface area contributed by atoms with E-state index in [0.717, 1.165) is 29.2 Å². The number of aryl methyl sites for hydroxylation is 2. The molecule has 2 rings (SSSR count). The lowest BCUT2D eigenvalue weighted by atomic mass is 10.1. The lowest BCUT2D eigenvalue weighted by Crippen LogP contribution is -2.27. The number of nitrogens with zero attached hydrogens (tertiary/aromatic N) is 3. The summed E-state index contributed by atoms with van der Waals surface area (Å²) in [4.78, 5) is 15.7. The lowest BCUT2D eigenvalue weighted by molar-refractivity contribution is -0.137. The molecule has 0 fully saturated rings. The predicted octanol–water partition coefficient (Wildman–Crippen LogP) is 2.61. The molecule has 2 N–H and O–H groups in total. The van der Waals surface area contributed by atoms with Crippen molar-refractivity contribution in [1.29, 1.82) is 0 Å². The molecule has 26 heavy (non-hydrogen) atoms. The smallest absolute Gasteiger partial charge is 0.370 e. The highest BCUT2D eigenvalue weighted by atomic mass is 19.4. The Labute approximate surface area is 149 Å². The molecule has 0 unspecified atom stereocenters. The van der Waals surface area contributed by atoms with Gasteiger partial charge in [0.05, 0.1) is 17.7 Å². The quantitative estimate of drug-likeness (QED) is 0.736. The van der Waals surface area contributed by atoms with Crippen LogP contribution in [0.1, 0.15) is 28.9 Å². The molecular weight excluding hydrogens is 347 g/mol. The Morgan fingerprint density at radius 1 is 1.23 bits per heavy atom. The number of halogens is 3. The minimum absolute atomic E-state index is 0.0862. The molecule has 2 aromatic heterocycles. The maximum atomic E-state index is 12.4. The molecular formula is C17H22F3N5O. The summed E-state index contributed by atoms with van der Waals surface area (Å²) < 4.78 is 39.1. The fourth-order valence-electron chi connectivity index (χ4n) is 2.50. The molecule has 0 aliphatic carbocycles. The molecule has 1 amide bonds. The molecule has 142 valence electrons. The highest BCUT2D eigenvalue weighted by molar-refractivity contribution is 5.79. The Morgan fingerprint density at radius 3 is 2.50 bits per heavy atom. The van der Waals surface area contributed by atoms with Crippen molar-refractivity contribution < 1.29 is 18.0 Å². The lowest BCUT2D eigenvalue weighted by Gasteiger charge is -2.09. The minimum Gasteiger partial charge on any atom is -0.370 e. The van der Waals surface area contributed by atoms with Gasteiger partial charge in [0.25, 0.3) is 0 Å². The van der Waals surface area contributed by atoms with Crippen LogP contribution in [0.5, 0.6) is 0 Å². The van der Waals surface area contributed by atoms with Crippen LogP contribution in [-0.2, 0) is 24.4 Å². The molecule has 9 heteroatoms. The zero-order valence-corrected chi connectivity index (χ0v) is 14.9. The predicted molar refractivity (Wildman–Crippen MR) is 91.7 cm³/mol. The van der Waals surface area contributed by atoms with E-state index in [1.54, 1.807) is 4.68 Å². The summed E-state index contributed by atoms with van der Waals surface area (Å²) in [6.45, 7) is 4.74. The molecule has 0 aliphatic heterocycles. The van der Waals surface area contributed by atoms with Crippen molar-refractivity contribution in [2.75, 3.05) is 18.4 Å². The first-order chi connectivity index (χ1) is 12.2. The minimum atomic E-state index is -4.39. The average Bonchev–Trinajstić information content (AvgIpc) is 2.80. The molecule has 6 nitrogen and oxygen atoms in total. The first-order valence-corrected chi connectivity index (χ1v) is 8.21. The molecule has 0 aromatic carbocycles. The SMILES string of the molecule is Cc1nn(C)c(C)c1CC(=O)NCCCNc1ccc(C(F)(F)F)cn1. The van der Waals surface area contributed by atoms with Gasteiger partial charge in [0.15, 0.2) is 0 Å². The van der Waals surface area contributed by atoms with Gasteiger partial charge >= 0.3 is 6.18 Å². The number of rotatable bonds is 7. The number of hydrogen-bond acceptors (Lipinski definition) is 4. The van der Waals surface area contributed by atoms with Crippen LogP contribution in [0.4, 0.5) is 19.0 Å². The van der Waals surface area contributed by atoms with Crippen molar-refractivity contribution in [1.82, 2.24) is 20.1 Å². The Morgan fingerprint density at radius 2 is 1.96 bits per heavy atom. The summed E-state index contributed by atoms with van der Waals surface area (Å²) in [5, 5.41) is 10.0. The number of carbonyl (C=O) groups is 1. The van der Waals surface area contributed by atoms with E-state index in [1.165, 1.54) is 6.07 Å². The Hall–Kier alpha value is -2.58. The second-order valence-corrected chi connectivity index (χ2v) is 6.01. The van der Waals surface area contributed by atoms with E-state index in [0.29, 0.717) is 25.3 Å². The first-order valence-electron chi connectivity index (χ1n) is 8.21. The number of amides is 1. The monoisotopic (exact) mass is 369 g/mol. The highest BCUT2D eigenvalue weighted by Crippen LogP contribution is 2.28. The summed E-state index contributed by atoms with van der Waals surface area (Å²) >= 11 is 0. The van der Waals surface area contributed by atoms with Crippen molar-refractivity contribution >= 4 is 11.7 Å². The van der Waals surface area contributed by atoms with E-state index in [2.05, 4.69) is 20.7 Å². The second kappa shape index (κ2) is 8.20. The van der Waals surface area contributed by atoms with Gasteiger partial charge in [-0.05, 0) is 32.4 Å². The number of aromatic nitrogens is 3. The van der Waals surface area contributed by atoms with Gasteiger partial charge in [-0.1, -0.05) is 0 Å². The maximum Gasteiger partial charge on any atom is 0.417 e. The van der Waals surface area contributed by atoms with E-state index in [1.807, 2.05) is 20.9 Å². The van der Waals surface area contributed by atoms with E-state index in [-0.39, 0.29) is 12.3 Å². The summed E-state index contributed by atoms with van der Waals surface area (Å²) in [7, 11) is 1.84. The molecule has 0 atom stereocenters. The first kappa shape index (κ1) is 19.7. The van der Waals surface area contributed by atoms with Gasteiger partial charge in [0, 0.05) is 37.6 Å². The Balaban J connectivity index is 1.69. The van der Waals surface area contributed by atoms with Crippen LogP contribution < -0.4 is 10.6 Å². The van der Waals surface area contributed by atoms with E-state index < -0.39 is 11.7 Å². The molecule has 0 saturated heterocycles. The van der Waals surface area contributed by atoms with Crippen LogP contribution in [-0.4, -0.2) is 33.8 Å². The standard InChI is InChI=1S/C17H22F3N5O/c1-11-14(12(2)25(3)24-11)9-16(26)22-8-4-7-21-15-6-5-13(10-23-15)17(18,19)20/h5-6,10H,4,7-9H2,1-3H3,(H,21,23)(H,22,26). The van der Waals surface area contributed by atoms with E-state index in [4.69, 9.17) is 0 Å². The van der Waals surface area contributed by atoms with Crippen molar-refractivity contribution in [3.8, 4) is 0 Å². The highest BCUT2D eigenvalue weighted by Gasteiger charge is 2.30. The molecule has 0 bridgehead atoms. The molecule has 0 aliphatic rings. The van der Waals surface area contributed by atoms with E-state index >= 15 is 0 Å². The summed E-state index contributed by atoms with van der Waals surface area (Å²) in [5.41, 5.74) is 1.95. The van der Waals surface area contributed by atoms with Crippen molar-refractivity contribution in [2.24, 2.45) is 7.05 Å². The molecule has 2 heterocycles. The van der Waals surface area contributed by atoms with Gasteiger partial charge in [-0.15, -0.1) is 0 Å². The average molecular weight is 369 g/mol.